The number of nitrogens with one attached hydrogen (secondary N) is 1. The molecule has 0 radical (unpaired) electrons. The monoisotopic (exact) mass is 277 g/mol. The fraction of sp³-hybridized carbons (Fsp3) is 0.467. The van der Waals surface area contributed by atoms with E-state index in [0.29, 0.717) is 37.3 Å². The molecule has 0 bridgehead atoms. The number of benzene rings is 1. The number of rotatable bonds is 4. The second-order valence-electron chi connectivity index (χ2n) is 5.67. The van der Waals surface area contributed by atoms with E-state index >= 15 is 0 Å². The third-order valence-electron chi connectivity index (χ3n) is 3.52. The number of aryl methyl sites for hydroxylation is 1. The topological polar surface area (TPSA) is 75.6 Å². The maximum atomic E-state index is 11.5. The molecule has 1 aliphatic heterocycles. The Kier molecular flexibility index (Phi) is 3.97. The molecule has 0 unspecified atom stereocenters. The number of anilines is 1. The van der Waals surface area contributed by atoms with Gasteiger partial charge in [0.1, 0.15) is 5.75 Å². The van der Waals surface area contributed by atoms with Gasteiger partial charge in [-0.2, -0.15) is 0 Å². The summed E-state index contributed by atoms with van der Waals surface area (Å²) in [6.45, 7) is 3.80. The summed E-state index contributed by atoms with van der Waals surface area (Å²) in [4.78, 5) is 22.6. The van der Waals surface area contributed by atoms with E-state index in [1.54, 1.807) is 13.8 Å². The Morgan fingerprint density at radius 2 is 2.20 bits per heavy atom. The number of hydrogen-bond donors (Lipinski definition) is 2. The number of aliphatic carboxylic acids is 1. The number of carboxylic acids is 1. The van der Waals surface area contributed by atoms with E-state index in [0.717, 1.165) is 5.56 Å². The Balaban J connectivity index is 2.11. The van der Waals surface area contributed by atoms with Crippen LogP contribution in [0.5, 0.6) is 5.75 Å². The largest absolute Gasteiger partial charge is 0.491 e. The lowest BCUT2D eigenvalue weighted by Crippen LogP contribution is -2.24. The molecule has 0 aromatic heterocycles. The molecule has 108 valence electrons. The van der Waals surface area contributed by atoms with Crippen LogP contribution in [0.4, 0.5) is 5.69 Å². The first kappa shape index (κ1) is 14.4. The summed E-state index contributed by atoms with van der Waals surface area (Å²) in [5.74, 6) is -0.201. The lowest BCUT2D eigenvalue weighted by atomic mass is 9.86. The molecule has 0 saturated carbocycles. The molecule has 1 aromatic carbocycles. The summed E-state index contributed by atoms with van der Waals surface area (Å²) in [5, 5.41) is 11.9. The maximum Gasteiger partial charge on any atom is 0.309 e. The summed E-state index contributed by atoms with van der Waals surface area (Å²) < 4.78 is 5.48. The summed E-state index contributed by atoms with van der Waals surface area (Å²) >= 11 is 0. The van der Waals surface area contributed by atoms with Crippen molar-refractivity contribution in [2.24, 2.45) is 5.41 Å². The number of amides is 1. The minimum absolute atomic E-state index is 0.0632. The fourth-order valence-corrected chi connectivity index (χ4v) is 1.99. The maximum absolute atomic E-state index is 11.5. The molecule has 5 heteroatoms. The number of carbonyl (C=O) groups is 2. The van der Waals surface area contributed by atoms with Gasteiger partial charge in [0, 0.05) is 0 Å². The highest BCUT2D eigenvalue weighted by Crippen LogP contribution is 2.30. The number of hydrogen-bond acceptors (Lipinski definition) is 3. The van der Waals surface area contributed by atoms with E-state index in [2.05, 4.69) is 5.32 Å². The fourth-order valence-electron chi connectivity index (χ4n) is 1.99. The molecular formula is C15H19NO4. The van der Waals surface area contributed by atoms with Crippen molar-refractivity contribution in [3.8, 4) is 5.75 Å². The SMILES string of the molecule is CC(C)(CCc1ccc2c(c1)NC(=O)CCO2)C(=O)O. The van der Waals surface area contributed by atoms with Gasteiger partial charge in [-0.05, 0) is 44.4 Å². The van der Waals surface area contributed by atoms with Crippen LogP contribution in [0.2, 0.25) is 0 Å². The second-order valence-corrected chi connectivity index (χ2v) is 5.67. The Morgan fingerprint density at radius 3 is 2.90 bits per heavy atom. The second kappa shape index (κ2) is 5.53. The minimum Gasteiger partial charge on any atom is -0.491 e. The molecule has 20 heavy (non-hydrogen) atoms. The van der Waals surface area contributed by atoms with E-state index in [1.165, 1.54) is 0 Å². The van der Waals surface area contributed by atoms with Gasteiger partial charge >= 0.3 is 5.97 Å². The molecule has 2 N–H and O–H groups in total. The lowest BCUT2D eigenvalue weighted by molar-refractivity contribution is -0.147. The van der Waals surface area contributed by atoms with Gasteiger partial charge in [0.15, 0.2) is 0 Å². The molecule has 2 rings (SSSR count). The van der Waals surface area contributed by atoms with Crippen molar-refractivity contribution in [1.82, 2.24) is 0 Å². The molecule has 1 heterocycles. The van der Waals surface area contributed by atoms with Crippen LogP contribution in [-0.2, 0) is 16.0 Å². The Hall–Kier alpha value is -2.04. The van der Waals surface area contributed by atoms with Crippen LogP contribution < -0.4 is 10.1 Å². The number of carboxylic acid groups (broad SMARTS) is 1. The standard InChI is InChI=1S/C15H19NO4/c1-15(2,14(18)19)7-5-10-3-4-12-11(9-10)16-13(17)6-8-20-12/h3-4,9H,5-8H2,1-2H3,(H,16,17)(H,18,19). The van der Waals surface area contributed by atoms with Crippen LogP contribution in [0.15, 0.2) is 18.2 Å². The van der Waals surface area contributed by atoms with E-state index in [9.17, 15) is 9.59 Å². The van der Waals surface area contributed by atoms with Crippen molar-refractivity contribution < 1.29 is 19.4 Å². The van der Waals surface area contributed by atoms with Crippen LogP contribution in [0.25, 0.3) is 0 Å². The van der Waals surface area contributed by atoms with Crippen molar-refractivity contribution in [3.63, 3.8) is 0 Å². The highest BCUT2D eigenvalue weighted by molar-refractivity contribution is 5.93. The molecular weight excluding hydrogens is 258 g/mol. The van der Waals surface area contributed by atoms with Gasteiger partial charge in [0.25, 0.3) is 0 Å². The van der Waals surface area contributed by atoms with Gasteiger partial charge in [-0.15, -0.1) is 0 Å². The van der Waals surface area contributed by atoms with Gasteiger partial charge in [-0.1, -0.05) is 6.07 Å². The molecule has 5 nitrogen and oxygen atoms in total. The molecule has 0 saturated heterocycles. The highest BCUT2D eigenvalue weighted by atomic mass is 16.5. The molecule has 0 fully saturated rings. The van der Waals surface area contributed by atoms with Crippen LogP contribution in [0.3, 0.4) is 0 Å². The van der Waals surface area contributed by atoms with Gasteiger partial charge in [0.05, 0.1) is 24.1 Å². The normalized spacial score (nSPS) is 14.8. The Bertz CT molecular complexity index is 537. The van der Waals surface area contributed by atoms with Gasteiger partial charge in [-0.25, -0.2) is 0 Å². The third-order valence-corrected chi connectivity index (χ3v) is 3.52. The van der Waals surface area contributed by atoms with Crippen molar-refractivity contribution >= 4 is 17.6 Å². The van der Waals surface area contributed by atoms with E-state index < -0.39 is 11.4 Å². The summed E-state index contributed by atoms with van der Waals surface area (Å²) in [7, 11) is 0. The predicted octanol–water partition coefficient (Wildman–Crippen LogP) is 2.45. The van der Waals surface area contributed by atoms with Crippen molar-refractivity contribution in [3.05, 3.63) is 23.8 Å². The van der Waals surface area contributed by atoms with Crippen LogP contribution in [0, 0.1) is 5.41 Å². The highest BCUT2D eigenvalue weighted by Gasteiger charge is 2.26. The molecule has 0 aliphatic carbocycles. The lowest BCUT2D eigenvalue weighted by Gasteiger charge is -2.19. The van der Waals surface area contributed by atoms with Crippen molar-refractivity contribution in [1.29, 1.82) is 0 Å². The van der Waals surface area contributed by atoms with Crippen molar-refractivity contribution in [2.75, 3.05) is 11.9 Å². The molecule has 1 aromatic rings. The first-order chi connectivity index (χ1) is 9.38. The summed E-state index contributed by atoms with van der Waals surface area (Å²) in [6, 6.07) is 5.59. The van der Waals surface area contributed by atoms with Crippen molar-refractivity contribution in [2.45, 2.75) is 33.1 Å². The Labute approximate surface area is 117 Å². The van der Waals surface area contributed by atoms with Gasteiger partial charge < -0.3 is 15.2 Å². The van der Waals surface area contributed by atoms with E-state index in [1.807, 2.05) is 18.2 Å². The third kappa shape index (κ3) is 3.29. The zero-order valence-electron chi connectivity index (χ0n) is 11.7. The molecule has 1 amide bonds. The van der Waals surface area contributed by atoms with Crippen LogP contribution in [-0.4, -0.2) is 23.6 Å². The number of carbonyl (C=O) groups excluding carboxylic acids is 1. The zero-order valence-corrected chi connectivity index (χ0v) is 11.7. The van der Waals surface area contributed by atoms with E-state index in [4.69, 9.17) is 9.84 Å². The number of ether oxygens (including phenoxy) is 1. The molecule has 1 aliphatic rings. The summed E-state index contributed by atoms with van der Waals surface area (Å²) in [6.07, 6.45) is 1.52. The summed E-state index contributed by atoms with van der Waals surface area (Å²) in [5.41, 5.74) is 0.897. The Morgan fingerprint density at radius 1 is 1.45 bits per heavy atom. The molecule has 0 atom stereocenters. The average molecular weight is 277 g/mol. The number of fused-ring (bicyclic) bond motifs is 1. The zero-order chi connectivity index (χ0) is 14.8. The molecule has 0 spiro atoms. The van der Waals surface area contributed by atoms with Gasteiger partial charge in [-0.3, -0.25) is 9.59 Å². The first-order valence-electron chi connectivity index (χ1n) is 6.67. The quantitative estimate of drug-likeness (QED) is 0.886. The smallest absolute Gasteiger partial charge is 0.309 e. The van der Waals surface area contributed by atoms with Crippen LogP contribution in [0.1, 0.15) is 32.3 Å². The van der Waals surface area contributed by atoms with E-state index in [-0.39, 0.29) is 5.91 Å². The first-order valence-corrected chi connectivity index (χ1v) is 6.67. The predicted molar refractivity (Wildman–Crippen MR) is 74.9 cm³/mol. The minimum atomic E-state index is -0.802. The van der Waals surface area contributed by atoms with Gasteiger partial charge in [0.2, 0.25) is 5.91 Å². The van der Waals surface area contributed by atoms with Crippen LogP contribution >= 0.6 is 0 Å². The average Bonchev–Trinajstić information content (AvgIpc) is 2.56.